The van der Waals surface area contributed by atoms with Crippen LogP contribution in [0.1, 0.15) is 24.0 Å². The molecule has 0 N–H and O–H groups in total. The van der Waals surface area contributed by atoms with Gasteiger partial charge in [0.15, 0.2) is 0 Å². The van der Waals surface area contributed by atoms with Crippen molar-refractivity contribution in [3.8, 4) is 0 Å². The third kappa shape index (κ3) is 3.14. The number of benzene rings is 1. The summed E-state index contributed by atoms with van der Waals surface area (Å²) in [5.74, 6) is 0.634. The van der Waals surface area contributed by atoms with E-state index in [2.05, 4.69) is 9.97 Å². The van der Waals surface area contributed by atoms with Crippen molar-refractivity contribution in [3.63, 3.8) is 0 Å². The van der Waals surface area contributed by atoms with Gasteiger partial charge in [0.25, 0.3) is 0 Å². The Hall–Kier alpha value is -0.830. The normalized spacial score (nSPS) is 10.7. The third-order valence-electron chi connectivity index (χ3n) is 2.55. The molecule has 0 amide bonds. The molecule has 2 nitrogen and oxygen atoms in total. The first-order valence-electron chi connectivity index (χ1n) is 5.55. The van der Waals surface area contributed by atoms with Crippen LogP contribution in [0, 0.1) is 0 Å². The Kier molecular flexibility index (Phi) is 4.44. The van der Waals surface area contributed by atoms with Crippen LogP contribution in [0.15, 0.2) is 24.3 Å². The van der Waals surface area contributed by atoms with Gasteiger partial charge >= 0.3 is 0 Å². The third-order valence-corrected chi connectivity index (χ3v) is 3.45. The summed E-state index contributed by atoms with van der Waals surface area (Å²) < 4.78 is 0. The number of hydrogen-bond donors (Lipinski definition) is 0. The fourth-order valence-corrected chi connectivity index (χ4v) is 2.39. The summed E-state index contributed by atoms with van der Waals surface area (Å²) in [4.78, 5) is 8.61. The topological polar surface area (TPSA) is 25.8 Å². The van der Waals surface area contributed by atoms with E-state index in [0.29, 0.717) is 27.4 Å². The van der Waals surface area contributed by atoms with Crippen LogP contribution in [0.25, 0.3) is 0 Å². The Bertz CT molecular complexity index is 550. The first kappa shape index (κ1) is 13.6. The maximum Gasteiger partial charge on any atom is 0.134 e. The summed E-state index contributed by atoms with van der Waals surface area (Å²) >= 11 is 18.2. The molecule has 0 unspecified atom stereocenters. The average Bonchev–Trinajstić information content (AvgIpc) is 2.33. The minimum Gasteiger partial charge on any atom is -0.237 e. The summed E-state index contributed by atoms with van der Waals surface area (Å²) in [7, 11) is 0. The second-order valence-electron chi connectivity index (χ2n) is 3.83. The zero-order valence-electron chi connectivity index (χ0n) is 9.75. The second-order valence-corrected chi connectivity index (χ2v) is 5.03. The SMILES string of the molecule is CCc1cc(Cl)nc(Cc2c(Cl)cccc2Cl)n1. The summed E-state index contributed by atoms with van der Waals surface area (Å²) in [6.45, 7) is 2.02. The number of aryl methyl sites for hydroxylation is 1. The largest absolute Gasteiger partial charge is 0.237 e. The van der Waals surface area contributed by atoms with Crippen molar-refractivity contribution in [2.45, 2.75) is 19.8 Å². The molecule has 0 radical (unpaired) electrons. The van der Waals surface area contributed by atoms with E-state index >= 15 is 0 Å². The molecular weight excluding hydrogens is 291 g/mol. The summed E-state index contributed by atoms with van der Waals surface area (Å²) in [5.41, 5.74) is 1.73. The zero-order chi connectivity index (χ0) is 13.1. The van der Waals surface area contributed by atoms with Crippen molar-refractivity contribution in [2.75, 3.05) is 0 Å². The van der Waals surface area contributed by atoms with E-state index in [1.807, 2.05) is 13.0 Å². The van der Waals surface area contributed by atoms with Crippen molar-refractivity contribution in [2.24, 2.45) is 0 Å². The highest BCUT2D eigenvalue weighted by atomic mass is 35.5. The van der Waals surface area contributed by atoms with Gasteiger partial charge in [-0.3, -0.25) is 0 Å². The highest BCUT2D eigenvalue weighted by molar-refractivity contribution is 6.36. The lowest BCUT2D eigenvalue weighted by Gasteiger charge is -2.07. The van der Waals surface area contributed by atoms with Gasteiger partial charge < -0.3 is 0 Å². The van der Waals surface area contributed by atoms with E-state index in [-0.39, 0.29) is 0 Å². The Balaban J connectivity index is 2.37. The maximum absolute atomic E-state index is 6.12. The van der Waals surface area contributed by atoms with Crippen LogP contribution in [0.3, 0.4) is 0 Å². The summed E-state index contributed by atoms with van der Waals surface area (Å²) in [5, 5.41) is 1.67. The van der Waals surface area contributed by atoms with E-state index in [4.69, 9.17) is 34.8 Å². The molecule has 18 heavy (non-hydrogen) atoms. The predicted octanol–water partition coefficient (Wildman–Crippen LogP) is 4.59. The molecule has 0 aliphatic rings. The minimum absolute atomic E-state index is 0.444. The Labute approximate surface area is 121 Å². The van der Waals surface area contributed by atoms with Gasteiger partial charge in [0.1, 0.15) is 11.0 Å². The van der Waals surface area contributed by atoms with Crippen molar-refractivity contribution in [1.82, 2.24) is 9.97 Å². The Morgan fingerprint density at radius 2 is 1.72 bits per heavy atom. The van der Waals surface area contributed by atoms with E-state index in [0.717, 1.165) is 17.7 Å². The molecule has 2 aromatic rings. The number of halogens is 3. The predicted molar refractivity (Wildman–Crippen MR) is 75.7 cm³/mol. The fraction of sp³-hybridized carbons (Fsp3) is 0.231. The van der Waals surface area contributed by atoms with Gasteiger partial charge in [0.05, 0.1) is 0 Å². The number of aromatic nitrogens is 2. The summed E-state index contributed by atoms with van der Waals surface area (Å²) in [6, 6.07) is 7.17. The lowest BCUT2D eigenvalue weighted by atomic mass is 10.1. The molecule has 0 aliphatic heterocycles. The highest BCUT2D eigenvalue weighted by Crippen LogP contribution is 2.26. The highest BCUT2D eigenvalue weighted by Gasteiger charge is 2.09. The molecule has 1 aromatic carbocycles. The lowest BCUT2D eigenvalue weighted by molar-refractivity contribution is 0.906. The van der Waals surface area contributed by atoms with Crippen molar-refractivity contribution in [1.29, 1.82) is 0 Å². The molecule has 0 fully saturated rings. The Morgan fingerprint density at radius 1 is 1.06 bits per heavy atom. The zero-order valence-corrected chi connectivity index (χ0v) is 12.0. The van der Waals surface area contributed by atoms with Crippen molar-refractivity contribution >= 4 is 34.8 Å². The van der Waals surface area contributed by atoms with E-state index in [1.54, 1.807) is 18.2 Å². The minimum atomic E-state index is 0.444. The number of nitrogens with zero attached hydrogens (tertiary/aromatic N) is 2. The smallest absolute Gasteiger partial charge is 0.134 e. The van der Waals surface area contributed by atoms with Gasteiger partial charge in [-0.2, -0.15) is 0 Å². The van der Waals surface area contributed by atoms with Crippen LogP contribution in [-0.2, 0) is 12.8 Å². The molecule has 0 aliphatic carbocycles. The molecule has 0 spiro atoms. The first-order chi connectivity index (χ1) is 8.60. The number of hydrogen-bond acceptors (Lipinski definition) is 2. The molecule has 1 aromatic heterocycles. The first-order valence-corrected chi connectivity index (χ1v) is 6.68. The molecule has 0 saturated heterocycles. The van der Waals surface area contributed by atoms with Gasteiger partial charge in [-0.1, -0.05) is 47.8 Å². The van der Waals surface area contributed by atoms with Gasteiger partial charge in [0.2, 0.25) is 0 Å². The van der Waals surface area contributed by atoms with Gasteiger partial charge in [0, 0.05) is 22.2 Å². The van der Waals surface area contributed by atoms with Crippen molar-refractivity contribution in [3.05, 3.63) is 56.5 Å². The van der Waals surface area contributed by atoms with E-state index < -0.39 is 0 Å². The second kappa shape index (κ2) is 5.87. The monoisotopic (exact) mass is 300 g/mol. The molecule has 1 heterocycles. The molecule has 0 saturated carbocycles. The Morgan fingerprint density at radius 3 is 2.33 bits per heavy atom. The number of rotatable bonds is 3. The van der Waals surface area contributed by atoms with Crippen molar-refractivity contribution < 1.29 is 0 Å². The quantitative estimate of drug-likeness (QED) is 0.775. The molecule has 0 atom stereocenters. The van der Waals surface area contributed by atoms with Crippen LogP contribution < -0.4 is 0 Å². The summed E-state index contributed by atoms with van der Waals surface area (Å²) in [6.07, 6.45) is 1.29. The van der Waals surface area contributed by atoms with Crippen LogP contribution in [0.2, 0.25) is 15.2 Å². The average molecular weight is 302 g/mol. The van der Waals surface area contributed by atoms with Crippen LogP contribution in [-0.4, -0.2) is 9.97 Å². The standard InChI is InChI=1S/C13H11Cl3N2/c1-2-8-6-12(16)18-13(17-8)7-9-10(14)4-3-5-11(9)15/h3-6H,2,7H2,1H3. The van der Waals surface area contributed by atoms with E-state index in [9.17, 15) is 0 Å². The molecule has 94 valence electrons. The lowest BCUT2D eigenvalue weighted by Crippen LogP contribution is -2.01. The molecule has 0 bridgehead atoms. The van der Waals surface area contributed by atoms with Gasteiger partial charge in [-0.25, -0.2) is 9.97 Å². The van der Waals surface area contributed by atoms with Gasteiger partial charge in [-0.05, 0) is 30.2 Å². The fourth-order valence-electron chi connectivity index (χ4n) is 1.64. The molecular formula is C13H11Cl3N2. The molecule has 2 rings (SSSR count). The van der Waals surface area contributed by atoms with Gasteiger partial charge in [-0.15, -0.1) is 0 Å². The van der Waals surface area contributed by atoms with E-state index in [1.165, 1.54) is 0 Å². The van der Waals surface area contributed by atoms with Crippen LogP contribution in [0.5, 0.6) is 0 Å². The maximum atomic E-state index is 6.12. The van der Waals surface area contributed by atoms with Crippen LogP contribution in [0.4, 0.5) is 0 Å². The van der Waals surface area contributed by atoms with Crippen LogP contribution >= 0.6 is 34.8 Å². The molecule has 5 heteroatoms.